The molecule has 0 aliphatic carbocycles. The minimum atomic E-state index is -3.60. The number of nitrogens with one attached hydrogen (secondary N) is 2. The summed E-state index contributed by atoms with van der Waals surface area (Å²) in [7, 11) is -3.60. The molecule has 1 amide bonds. The summed E-state index contributed by atoms with van der Waals surface area (Å²) in [6, 6.07) is 4.98. The van der Waals surface area contributed by atoms with E-state index in [1.807, 2.05) is 13.8 Å². The van der Waals surface area contributed by atoms with E-state index in [0.717, 1.165) is 44.7 Å². The topological polar surface area (TPSA) is 81.8 Å². The zero-order valence-electron chi connectivity index (χ0n) is 16.6. The van der Waals surface area contributed by atoms with Crippen LogP contribution < -0.4 is 15.5 Å². The normalized spacial score (nSPS) is 17.3. The van der Waals surface area contributed by atoms with Gasteiger partial charge in [0, 0.05) is 57.4 Å². The Bertz CT molecular complexity index is 773. The van der Waals surface area contributed by atoms with E-state index < -0.39 is 10.0 Å². The van der Waals surface area contributed by atoms with Gasteiger partial charge in [0.2, 0.25) is 10.0 Å². The van der Waals surface area contributed by atoms with E-state index in [0.29, 0.717) is 31.1 Å². The Morgan fingerprint density at radius 2 is 1.86 bits per heavy atom. The number of nitrogens with zero attached hydrogens (tertiary/aromatic N) is 2. The van der Waals surface area contributed by atoms with Crippen molar-refractivity contribution in [3.63, 3.8) is 0 Å². The van der Waals surface area contributed by atoms with Crippen molar-refractivity contribution in [3.05, 3.63) is 23.8 Å². The zero-order chi connectivity index (χ0) is 19.4. The Kier molecular flexibility index (Phi) is 8.12. The molecule has 0 unspecified atom stereocenters. The lowest BCUT2D eigenvalue weighted by Crippen LogP contribution is -2.48. The Labute approximate surface area is 174 Å². The Balaban J connectivity index is 0.00000280. The summed E-state index contributed by atoms with van der Waals surface area (Å²) in [5.74, 6) is 0.257. The van der Waals surface area contributed by atoms with Gasteiger partial charge in [-0.25, -0.2) is 8.42 Å². The summed E-state index contributed by atoms with van der Waals surface area (Å²) in [6.45, 7) is 8.68. The molecule has 0 atom stereocenters. The van der Waals surface area contributed by atoms with Crippen LogP contribution in [0.2, 0.25) is 0 Å². The number of benzene rings is 1. The molecule has 2 N–H and O–H groups in total. The van der Waals surface area contributed by atoms with Crippen molar-refractivity contribution in [2.45, 2.75) is 31.6 Å². The largest absolute Gasteiger partial charge is 0.371 e. The second-order valence-corrected chi connectivity index (χ2v) is 9.13. The van der Waals surface area contributed by atoms with Crippen LogP contribution in [-0.2, 0) is 10.0 Å². The van der Waals surface area contributed by atoms with Gasteiger partial charge in [-0.05, 0) is 31.0 Å². The first-order valence-electron chi connectivity index (χ1n) is 9.85. The summed E-state index contributed by atoms with van der Waals surface area (Å²) in [6.07, 6.45) is 2.18. The van der Waals surface area contributed by atoms with Crippen molar-refractivity contribution in [2.24, 2.45) is 5.92 Å². The maximum atomic E-state index is 12.9. The van der Waals surface area contributed by atoms with Gasteiger partial charge < -0.3 is 15.5 Å². The molecular formula is C19H31ClN4O3S. The summed E-state index contributed by atoms with van der Waals surface area (Å²) in [5.41, 5.74) is 1.28. The van der Waals surface area contributed by atoms with Crippen molar-refractivity contribution in [1.82, 2.24) is 14.9 Å². The fraction of sp³-hybridized carbons (Fsp3) is 0.632. The number of hydrogen-bond donors (Lipinski definition) is 2. The third kappa shape index (κ3) is 4.79. The molecule has 7 nitrogen and oxygen atoms in total. The zero-order valence-corrected chi connectivity index (χ0v) is 18.2. The summed E-state index contributed by atoms with van der Waals surface area (Å²) in [4.78, 5) is 15.2. The number of amides is 1. The molecule has 2 heterocycles. The van der Waals surface area contributed by atoms with Crippen molar-refractivity contribution in [2.75, 3.05) is 50.7 Å². The van der Waals surface area contributed by atoms with Gasteiger partial charge in [-0.1, -0.05) is 13.8 Å². The van der Waals surface area contributed by atoms with Gasteiger partial charge >= 0.3 is 0 Å². The fourth-order valence-corrected chi connectivity index (χ4v) is 5.11. The third-order valence-electron chi connectivity index (χ3n) is 5.42. The van der Waals surface area contributed by atoms with E-state index in [1.54, 1.807) is 18.2 Å². The van der Waals surface area contributed by atoms with Crippen LogP contribution in [0, 0.1) is 5.92 Å². The number of carbonyl (C=O) groups is 1. The van der Waals surface area contributed by atoms with Crippen LogP contribution in [0.25, 0.3) is 0 Å². The lowest BCUT2D eigenvalue weighted by atomic mass is 10.0. The standard InChI is InChI=1S/C19H30N4O3S.ClH/c1-3-23(4-2)27(25,26)16-7-8-18(22-9-5-6-10-22)17(11-16)19(24)21-14-15-12-20-13-15;/h7-8,11,15,20H,3-6,9-10,12-14H2,1-2H3,(H,21,24);1H. The molecule has 0 aromatic heterocycles. The first kappa shape index (κ1) is 22.9. The van der Waals surface area contributed by atoms with Gasteiger partial charge in [0.1, 0.15) is 0 Å². The fourth-order valence-electron chi connectivity index (χ4n) is 3.63. The van der Waals surface area contributed by atoms with Gasteiger partial charge in [-0.2, -0.15) is 4.31 Å². The number of anilines is 1. The smallest absolute Gasteiger partial charge is 0.253 e. The van der Waals surface area contributed by atoms with E-state index >= 15 is 0 Å². The highest BCUT2D eigenvalue weighted by atomic mass is 35.5. The molecule has 2 aliphatic rings. The molecule has 1 aromatic carbocycles. The maximum absolute atomic E-state index is 12.9. The lowest BCUT2D eigenvalue weighted by Gasteiger charge is -2.28. The molecule has 158 valence electrons. The Morgan fingerprint density at radius 3 is 2.39 bits per heavy atom. The lowest BCUT2D eigenvalue weighted by molar-refractivity contribution is 0.0942. The molecule has 2 saturated heterocycles. The van der Waals surface area contributed by atoms with Gasteiger partial charge in [0.15, 0.2) is 0 Å². The molecule has 0 radical (unpaired) electrons. The minimum absolute atomic E-state index is 0. The number of carbonyl (C=O) groups excluding carboxylic acids is 1. The van der Waals surface area contributed by atoms with Crippen LogP contribution in [0.15, 0.2) is 23.1 Å². The van der Waals surface area contributed by atoms with Gasteiger partial charge in [0.05, 0.1) is 10.5 Å². The quantitative estimate of drug-likeness (QED) is 0.655. The molecule has 2 fully saturated rings. The van der Waals surface area contributed by atoms with Gasteiger partial charge in [-0.15, -0.1) is 12.4 Å². The molecule has 3 rings (SSSR count). The second kappa shape index (κ2) is 9.91. The molecule has 0 saturated carbocycles. The Hall–Kier alpha value is -1.35. The van der Waals surface area contributed by atoms with Crippen LogP contribution in [0.4, 0.5) is 5.69 Å². The average molecular weight is 431 g/mol. The predicted octanol–water partition coefficient (Wildman–Crippen LogP) is 1.69. The van der Waals surface area contributed by atoms with E-state index in [-0.39, 0.29) is 23.2 Å². The predicted molar refractivity (Wildman–Crippen MR) is 114 cm³/mol. The highest BCUT2D eigenvalue weighted by Crippen LogP contribution is 2.28. The molecule has 0 spiro atoms. The molecule has 1 aromatic rings. The van der Waals surface area contributed by atoms with E-state index in [1.165, 1.54) is 4.31 Å². The third-order valence-corrected chi connectivity index (χ3v) is 7.47. The minimum Gasteiger partial charge on any atom is -0.371 e. The number of rotatable bonds is 8. The van der Waals surface area contributed by atoms with Crippen molar-refractivity contribution >= 4 is 34.0 Å². The average Bonchev–Trinajstić information content (AvgIpc) is 3.15. The highest BCUT2D eigenvalue weighted by molar-refractivity contribution is 7.89. The summed E-state index contributed by atoms with van der Waals surface area (Å²) < 4.78 is 27.2. The Morgan fingerprint density at radius 1 is 1.21 bits per heavy atom. The number of sulfonamides is 1. The molecule has 0 bridgehead atoms. The van der Waals surface area contributed by atoms with Crippen molar-refractivity contribution in [3.8, 4) is 0 Å². The molecule has 28 heavy (non-hydrogen) atoms. The number of halogens is 1. The second-order valence-electron chi connectivity index (χ2n) is 7.20. The van der Waals surface area contributed by atoms with Crippen molar-refractivity contribution < 1.29 is 13.2 Å². The highest BCUT2D eigenvalue weighted by Gasteiger charge is 2.27. The molecule has 9 heteroatoms. The molecular weight excluding hydrogens is 400 g/mol. The number of hydrogen-bond acceptors (Lipinski definition) is 5. The van der Waals surface area contributed by atoms with Crippen LogP contribution in [0.1, 0.15) is 37.0 Å². The molecule has 2 aliphatic heterocycles. The van der Waals surface area contributed by atoms with Crippen LogP contribution >= 0.6 is 12.4 Å². The van der Waals surface area contributed by atoms with E-state index in [4.69, 9.17) is 0 Å². The van der Waals surface area contributed by atoms with Gasteiger partial charge in [-0.3, -0.25) is 4.79 Å². The maximum Gasteiger partial charge on any atom is 0.253 e. The van der Waals surface area contributed by atoms with Crippen LogP contribution in [0.5, 0.6) is 0 Å². The van der Waals surface area contributed by atoms with Gasteiger partial charge in [0.25, 0.3) is 5.91 Å². The first-order valence-corrected chi connectivity index (χ1v) is 11.3. The summed E-state index contributed by atoms with van der Waals surface area (Å²) in [5, 5.41) is 6.18. The monoisotopic (exact) mass is 430 g/mol. The van der Waals surface area contributed by atoms with E-state index in [2.05, 4.69) is 15.5 Å². The SMILES string of the molecule is CCN(CC)S(=O)(=O)c1ccc(N2CCCC2)c(C(=O)NCC2CNC2)c1.Cl. The van der Waals surface area contributed by atoms with Crippen LogP contribution in [-0.4, -0.2) is 64.4 Å². The first-order chi connectivity index (χ1) is 13.0. The van der Waals surface area contributed by atoms with Crippen LogP contribution in [0.3, 0.4) is 0 Å². The summed E-state index contributed by atoms with van der Waals surface area (Å²) >= 11 is 0. The van der Waals surface area contributed by atoms with E-state index in [9.17, 15) is 13.2 Å². The van der Waals surface area contributed by atoms with Crippen molar-refractivity contribution in [1.29, 1.82) is 0 Å².